The number of nitrogens with one attached hydrogen (secondary N) is 2. The summed E-state index contributed by atoms with van der Waals surface area (Å²) < 4.78 is 11.1. The van der Waals surface area contributed by atoms with Gasteiger partial charge in [-0.2, -0.15) is 0 Å². The van der Waals surface area contributed by atoms with E-state index in [1.165, 1.54) is 0 Å². The first-order valence-corrected chi connectivity index (χ1v) is 9.77. The van der Waals surface area contributed by atoms with Crippen molar-refractivity contribution in [2.75, 3.05) is 23.8 Å². The second-order valence-corrected chi connectivity index (χ2v) is 7.01. The molecule has 1 aliphatic rings. The van der Waals surface area contributed by atoms with Crippen molar-refractivity contribution in [2.45, 2.75) is 12.8 Å². The molecule has 6 heteroatoms. The smallest absolute Gasteiger partial charge is 0.255 e. The van der Waals surface area contributed by atoms with Crippen molar-refractivity contribution in [3.05, 3.63) is 83.9 Å². The molecule has 4 rings (SSSR count). The Morgan fingerprint density at radius 2 is 1.50 bits per heavy atom. The number of fused-ring (bicyclic) bond motifs is 1. The minimum absolute atomic E-state index is 0.154. The Bertz CT molecular complexity index is 1070. The van der Waals surface area contributed by atoms with Gasteiger partial charge < -0.3 is 20.1 Å². The number of carbonyl (C=O) groups excluding carboxylic acids is 2. The lowest BCUT2D eigenvalue weighted by Gasteiger charge is -2.20. The maximum absolute atomic E-state index is 12.8. The Kier molecular flexibility index (Phi) is 5.66. The van der Waals surface area contributed by atoms with Gasteiger partial charge in [0.1, 0.15) is 13.2 Å². The highest BCUT2D eigenvalue weighted by Crippen LogP contribution is 2.33. The third kappa shape index (κ3) is 4.43. The SMILES string of the molecule is CC(C(=O)Nc1cccc(NC(=O)c2ccccc2)c1)c1ccc2c(c1)OCCO2. The molecular formula is C24H22N2O4. The molecule has 0 saturated heterocycles. The van der Waals surface area contributed by atoms with Gasteiger partial charge in [-0.3, -0.25) is 9.59 Å². The number of hydrogen-bond acceptors (Lipinski definition) is 4. The van der Waals surface area contributed by atoms with Gasteiger partial charge >= 0.3 is 0 Å². The molecular weight excluding hydrogens is 380 g/mol. The second kappa shape index (κ2) is 8.69. The lowest BCUT2D eigenvalue weighted by atomic mass is 9.99. The summed E-state index contributed by atoms with van der Waals surface area (Å²) in [4.78, 5) is 25.1. The van der Waals surface area contributed by atoms with Crippen LogP contribution in [0.15, 0.2) is 72.8 Å². The number of rotatable bonds is 5. The monoisotopic (exact) mass is 402 g/mol. The zero-order valence-corrected chi connectivity index (χ0v) is 16.6. The number of amides is 2. The van der Waals surface area contributed by atoms with Crippen LogP contribution in [0.5, 0.6) is 11.5 Å². The average Bonchev–Trinajstić information content (AvgIpc) is 2.79. The van der Waals surface area contributed by atoms with Crippen LogP contribution in [0.1, 0.15) is 28.8 Å². The first-order valence-electron chi connectivity index (χ1n) is 9.77. The first kappa shape index (κ1) is 19.5. The first-order chi connectivity index (χ1) is 14.6. The highest BCUT2D eigenvalue weighted by Gasteiger charge is 2.19. The molecule has 1 atom stereocenters. The molecule has 0 saturated carbocycles. The van der Waals surface area contributed by atoms with Gasteiger partial charge in [0.05, 0.1) is 5.92 Å². The van der Waals surface area contributed by atoms with Crippen LogP contribution >= 0.6 is 0 Å². The third-order valence-electron chi connectivity index (χ3n) is 4.88. The van der Waals surface area contributed by atoms with E-state index in [1.807, 2.05) is 43.3 Å². The Labute approximate surface area is 174 Å². The van der Waals surface area contributed by atoms with Gasteiger partial charge in [0, 0.05) is 16.9 Å². The van der Waals surface area contributed by atoms with Crippen molar-refractivity contribution in [1.82, 2.24) is 0 Å². The van der Waals surface area contributed by atoms with Crippen LogP contribution in [0.4, 0.5) is 11.4 Å². The molecule has 6 nitrogen and oxygen atoms in total. The number of ether oxygens (including phenoxy) is 2. The largest absolute Gasteiger partial charge is 0.486 e. The van der Waals surface area contributed by atoms with Crippen molar-refractivity contribution < 1.29 is 19.1 Å². The van der Waals surface area contributed by atoms with Crippen LogP contribution < -0.4 is 20.1 Å². The summed E-state index contributed by atoms with van der Waals surface area (Å²) in [5.41, 5.74) is 2.62. The van der Waals surface area contributed by atoms with Gasteiger partial charge in [-0.1, -0.05) is 30.3 Å². The predicted molar refractivity (Wildman–Crippen MR) is 115 cm³/mol. The molecule has 2 N–H and O–H groups in total. The van der Waals surface area contributed by atoms with Gasteiger partial charge in [0.2, 0.25) is 5.91 Å². The van der Waals surface area contributed by atoms with Crippen molar-refractivity contribution >= 4 is 23.2 Å². The van der Waals surface area contributed by atoms with Gasteiger partial charge in [0.25, 0.3) is 5.91 Å². The zero-order valence-electron chi connectivity index (χ0n) is 16.6. The van der Waals surface area contributed by atoms with E-state index in [0.717, 1.165) is 5.56 Å². The standard InChI is InChI=1S/C24H22N2O4/c1-16(18-10-11-21-22(14-18)30-13-12-29-21)23(27)25-19-8-5-9-20(15-19)26-24(28)17-6-3-2-4-7-17/h2-11,14-16H,12-13H2,1H3,(H,25,27)(H,26,28). The van der Waals surface area contributed by atoms with Crippen LogP contribution in [-0.2, 0) is 4.79 Å². The summed E-state index contributed by atoms with van der Waals surface area (Å²) in [6.45, 7) is 2.86. The fourth-order valence-electron chi connectivity index (χ4n) is 3.20. The molecule has 3 aromatic carbocycles. The molecule has 2 amide bonds. The van der Waals surface area contributed by atoms with Crippen LogP contribution in [0.2, 0.25) is 0 Å². The number of carbonyl (C=O) groups is 2. The van der Waals surface area contributed by atoms with Crippen molar-refractivity contribution in [3.63, 3.8) is 0 Å². The molecule has 3 aromatic rings. The second-order valence-electron chi connectivity index (χ2n) is 7.01. The topological polar surface area (TPSA) is 76.7 Å². The Morgan fingerprint density at radius 1 is 0.800 bits per heavy atom. The summed E-state index contributed by atoms with van der Waals surface area (Å²) in [6.07, 6.45) is 0. The van der Waals surface area contributed by atoms with E-state index < -0.39 is 0 Å². The summed E-state index contributed by atoms with van der Waals surface area (Å²) in [7, 11) is 0. The molecule has 0 aliphatic carbocycles. The van der Waals surface area contributed by atoms with E-state index in [9.17, 15) is 9.59 Å². The molecule has 0 bridgehead atoms. The fourth-order valence-corrected chi connectivity index (χ4v) is 3.20. The molecule has 1 unspecified atom stereocenters. The Morgan fingerprint density at radius 3 is 2.27 bits per heavy atom. The number of benzene rings is 3. The third-order valence-corrected chi connectivity index (χ3v) is 4.88. The summed E-state index contributed by atoms with van der Waals surface area (Å²) >= 11 is 0. The minimum Gasteiger partial charge on any atom is -0.486 e. The highest BCUT2D eigenvalue weighted by molar-refractivity contribution is 6.04. The highest BCUT2D eigenvalue weighted by atomic mass is 16.6. The predicted octanol–water partition coefficient (Wildman–Crippen LogP) is 4.45. The van der Waals surface area contributed by atoms with Crippen molar-refractivity contribution in [2.24, 2.45) is 0 Å². The molecule has 0 aromatic heterocycles. The molecule has 1 aliphatic heterocycles. The molecule has 0 radical (unpaired) electrons. The molecule has 0 spiro atoms. The van der Waals surface area contributed by atoms with E-state index in [2.05, 4.69) is 10.6 Å². The van der Waals surface area contributed by atoms with Crippen LogP contribution in [0, 0.1) is 0 Å². The Hall–Kier alpha value is -3.80. The van der Waals surface area contributed by atoms with Crippen molar-refractivity contribution in [3.8, 4) is 11.5 Å². The normalized spacial score (nSPS) is 13.2. The van der Waals surface area contributed by atoms with Gasteiger partial charge in [-0.25, -0.2) is 0 Å². The zero-order chi connectivity index (χ0) is 20.9. The maximum atomic E-state index is 12.8. The van der Waals surface area contributed by atoms with Crippen LogP contribution in [-0.4, -0.2) is 25.0 Å². The van der Waals surface area contributed by atoms with Gasteiger partial charge in [-0.05, 0) is 55.0 Å². The fraction of sp³-hybridized carbons (Fsp3) is 0.167. The van der Waals surface area contributed by atoms with Crippen molar-refractivity contribution in [1.29, 1.82) is 0 Å². The molecule has 1 heterocycles. The summed E-state index contributed by atoms with van der Waals surface area (Å²) in [6, 6.07) is 21.6. The number of anilines is 2. The maximum Gasteiger partial charge on any atom is 0.255 e. The quantitative estimate of drug-likeness (QED) is 0.661. The summed E-state index contributed by atoms with van der Waals surface area (Å²) in [5.74, 6) is 0.605. The van der Waals surface area contributed by atoms with E-state index in [1.54, 1.807) is 36.4 Å². The van der Waals surface area contributed by atoms with E-state index in [0.29, 0.717) is 41.7 Å². The lowest BCUT2D eigenvalue weighted by Crippen LogP contribution is -2.20. The van der Waals surface area contributed by atoms with Gasteiger partial charge in [-0.15, -0.1) is 0 Å². The van der Waals surface area contributed by atoms with Crippen LogP contribution in [0.25, 0.3) is 0 Å². The van der Waals surface area contributed by atoms with Gasteiger partial charge in [0.15, 0.2) is 11.5 Å². The van der Waals surface area contributed by atoms with E-state index in [-0.39, 0.29) is 17.7 Å². The Balaban J connectivity index is 1.43. The average molecular weight is 402 g/mol. The molecule has 0 fully saturated rings. The minimum atomic E-state index is -0.386. The van der Waals surface area contributed by atoms with E-state index >= 15 is 0 Å². The summed E-state index contributed by atoms with van der Waals surface area (Å²) in [5, 5.41) is 5.76. The molecule has 30 heavy (non-hydrogen) atoms. The number of hydrogen-bond donors (Lipinski definition) is 2. The lowest BCUT2D eigenvalue weighted by molar-refractivity contribution is -0.117. The molecule has 152 valence electrons. The van der Waals surface area contributed by atoms with E-state index in [4.69, 9.17) is 9.47 Å². The van der Waals surface area contributed by atoms with Crippen LogP contribution in [0.3, 0.4) is 0 Å².